The maximum Gasteiger partial charge on any atom is 0.166 e. The largest absolute Gasteiger partial charge is 0.363 e. The molecule has 94 valence electrons. The zero-order valence-corrected chi connectivity index (χ0v) is 11.5. The molecule has 0 bridgehead atoms. The molecular formula is C14H22N2S. The van der Waals surface area contributed by atoms with Gasteiger partial charge in [-0.25, -0.2) is 0 Å². The summed E-state index contributed by atoms with van der Waals surface area (Å²) in [7, 11) is 0. The normalized spacial score (nSPS) is 11.9. The van der Waals surface area contributed by atoms with Crippen LogP contribution in [0.3, 0.4) is 0 Å². The number of unbranched alkanes of at least 4 members (excludes halogenated alkanes) is 1. The van der Waals surface area contributed by atoms with Crippen LogP contribution >= 0.6 is 12.2 Å². The maximum atomic E-state index is 5.29. The minimum Gasteiger partial charge on any atom is -0.363 e. The first-order valence-electron chi connectivity index (χ1n) is 6.37. The molecule has 17 heavy (non-hydrogen) atoms. The van der Waals surface area contributed by atoms with Gasteiger partial charge in [-0.1, -0.05) is 50.6 Å². The third kappa shape index (κ3) is 5.18. The maximum absolute atomic E-state index is 5.29. The van der Waals surface area contributed by atoms with E-state index in [1.54, 1.807) is 0 Å². The highest BCUT2D eigenvalue weighted by Crippen LogP contribution is 2.15. The fraction of sp³-hybridized carbons (Fsp3) is 0.500. The molecule has 3 heteroatoms. The highest BCUT2D eigenvalue weighted by Gasteiger charge is 2.09. The summed E-state index contributed by atoms with van der Waals surface area (Å²) in [5.74, 6) is 0. The van der Waals surface area contributed by atoms with Crippen LogP contribution in [0.5, 0.6) is 0 Å². The van der Waals surface area contributed by atoms with E-state index in [1.165, 1.54) is 12.0 Å². The van der Waals surface area contributed by atoms with Crippen molar-refractivity contribution in [1.82, 2.24) is 10.6 Å². The van der Waals surface area contributed by atoms with Gasteiger partial charge in [0.15, 0.2) is 5.11 Å². The summed E-state index contributed by atoms with van der Waals surface area (Å²) in [5, 5.41) is 7.36. The number of rotatable bonds is 6. The molecule has 1 aromatic carbocycles. The van der Waals surface area contributed by atoms with Gasteiger partial charge in [0, 0.05) is 6.54 Å². The van der Waals surface area contributed by atoms with Crippen molar-refractivity contribution < 1.29 is 0 Å². The molecule has 0 aliphatic heterocycles. The van der Waals surface area contributed by atoms with Gasteiger partial charge in [-0.15, -0.1) is 0 Å². The van der Waals surface area contributed by atoms with Crippen LogP contribution in [0, 0.1) is 0 Å². The Balaban J connectivity index is 2.44. The van der Waals surface area contributed by atoms with E-state index in [2.05, 4.69) is 48.7 Å². The highest BCUT2D eigenvalue weighted by molar-refractivity contribution is 7.80. The minimum absolute atomic E-state index is 0.304. The van der Waals surface area contributed by atoms with E-state index in [0.717, 1.165) is 24.5 Å². The van der Waals surface area contributed by atoms with E-state index >= 15 is 0 Å². The lowest BCUT2D eigenvalue weighted by molar-refractivity contribution is 0.613. The summed E-state index contributed by atoms with van der Waals surface area (Å²) in [4.78, 5) is 0. The molecule has 0 fully saturated rings. The lowest BCUT2D eigenvalue weighted by Gasteiger charge is -2.19. The molecule has 1 unspecified atom stereocenters. The van der Waals surface area contributed by atoms with Gasteiger partial charge in [0.05, 0.1) is 6.04 Å². The summed E-state index contributed by atoms with van der Waals surface area (Å²) in [6, 6.07) is 10.7. The second-order valence-corrected chi connectivity index (χ2v) is 4.53. The first kappa shape index (κ1) is 14.0. The van der Waals surface area contributed by atoms with Crippen LogP contribution in [0.15, 0.2) is 30.3 Å². The van der Waals surface area contributed by atoms with Crippen LogP contribution < -0.4 is 10.6 Å². The van der Waals surface area contributed by atoms with E-state index < -0.39 is 0 Å². The van der Waals surface area contributed by atoms with Crippen LogP contribution in [0.4, 0.5) is 0 Å². The number of thiocarbonyl (C=S) groups is 1. The molecule has 0 spiro atoms. The molecule has 0 heterocycles. The van der Waals surface area contributed by atoms with Crippen molar-refractivity contribution in [2.24, 2.45) is 0 Å². The number of nitrogens with one attached hydrogen (secondary N) is 2. The second-order valence-electron chi connectivity index (χ2n) is 4.13. The smallest absolute Gasteiger partial charge is 0.166 e. The van der Waals surface area contributed by atoms with Gasteiger partial charge in [0.2, 0.25) is 0 Å². The predicted octanol–water partition coefficient (Wildman–Crippen LogP) is 3.40. The Morgan fingerprint density at radius 3 is 2.53 bits per heavy atom. The van der Waals surface area contributed by atoms with E-state index in [9.17, 15) is 0 Å². The topological polar surface area (TPSA) is 24.1 Å². The van der Waals surface area contributed by atoms with Gasteiger partial charge < -0.3 is 10.6 Å². The summed E-state index contributed by atoms with van der Waals surface area (Å²) < 4.78 is 0. The van der Waals surface area contributed by atoms with Gasteiger partial charge in [-0.2, -0.15) is 0 Å². The van der Waals surface area contributed by atoms with Gasteiger partial charge in [0.1, 0.15) is 0 Å². The Hall–Kier alpha value is -1.09. The zero-order valence-electron chi connectivity index (χ0n) is 10.7. The number of hydrogen-bond donors (Lipinski definition) is 2. The second kappa shape index (κ2) is 8.07. The summed E-state index contributed by atoms with van der Waals surface area (Å²) in [5.41, 5.74) is 1.29. The number of benzene rings is 1. The summed E-state index contributed by atoms with van der Waals surface area (Å²) >= 11 is 5.29. The average Bonchev–Trinajstić information content (AvgIpc) is 2.37. The molecule has 0 amide bonds. The van der Waals surface area contributed by atoms with Gasteiger partial charge in [-0.05, 0) is 30.6 Å². The SMILES string of the molecule is CCCCNC(=S)NC(CC)c1ccccc1. The molecule has 0 aliphatic carbocycles. The van der Waals surface area contributed by atoms with Crippen molar-refractivity contribution in [3.63, 3.8) is 0 Å². The third-order valence-corrected chi connectivity index (χ3v) is 2.99. The molecule has 1 aromatic rings. The van der Waals surface area contributed by atoms with E-state index in [0.29, 0.717) is 6.04 Å². The Morgan fingerprint density at radius 1 is 1.24 bits per heavy atom. The van der Waals surface area contributed by atoms with Crippen molar-refractivity contribution in [3.05, 3.63) is 35.9 Å². The standard InChI is InChI=1S/C14H22N2S/c1-3-5-11-15-14(17)16-13(4-2)12-9-7-6-8-10-12/h6-10,13H,3-5,11H2,1-2H3,(H2,15,16,17). The van der Waals surface area contributed by atoms with Crippen molar-refractivity contribution >= 4 is 17.3 Å². The monoisotopic (exact) mass is 250 g/mol. The minimum atomic E-state index is 0.304. The van der Waals surface area contributed by atoms with Crippen molar-refractivity contribution in [2.75, 3.05) is 6.54 Å². The fourth-order valence-electron chi connectivity index (χ4n) is 1.69. The van der Waals surface area contributed by atoms with E-state index in [-0.39, 0.29) is 0 Å². The Bertz CT molecular complexity index is 324. The van der Waals surface area contributed by atoms with E-state index in [1.807, 2.05) is 6.07 Å². The fourth-order valence-corrected chi connectivity index (χ4v) is 1.94. The van der Waals surface area contributed by atoms with Crippen LogP contribution in [-0.2, 0) is 0 Å². The molecule has 0 saturated heterocycles. The zero-order chi connectivity index (χ0) is 12.5. The molecule has 2 nitrogen and oxygen atoms in total. The van der Waals surface area contributed by atoms with Gasteiger partial charge in [-0.3, -0.25) is 0 Å². The van der Waals surface area contributed by atoms with Crippen molar-refractivity contribution in [2.45, 2.75) is 39.2 Å². The third-order valence-electron chi connectivity index (χ3n) is 2.73. The van der Waals surface area contributed by atoms with Crippen LogP contribution in [-0.4, -0.2) is 11.7 Å². The van der Waals surface area contributed by atoms with Crippen LogP contribution in [0.1, 0.15) is 44.7 Å². The molecule has 0 aromatic heterocycles. The molecule has 2 N–H and O–H groups in total. The van der Waals surface area contributed by atoms with Crippen LogP contribution in [0.2, 0.25) is 0 Å². The quantitative estimate of drug-likeness (QED) is 0.598. The van der Waals surface area contributed by atoms with Crippen molar-refractivity contribution in [3.8, 4) is 0 Å². The Kier molecular flexibility index (Phi) is 6.63. The molecular weight excluding hydrogens is 228 g/mol. The van der Waals surface area contributed by atoms with Gasteiger partial charge >= 0.3 is 0 Å². The Labute approximate surface area is 110 Å². The summed E-state index contributed by atoms with van der Waals surface area (Å²) in [6.07, 6.45) is 3.37. The highest BCUT2D eigenvalue weighted by atomic mass is 32.1. The van der Waals surface area contributed by atoms with Crippen molar-refractivity contribution in [1.29, 1.82) is 0 Å². The van der Waals surface area contributed by atoms with Crippen LogP contribution in [0.25, 0.3) is 0 Å². The molecule has 1 rings (SSSR count). The van der Waals surface area contributed by atoms with Gasteiger partial charge in [0.25, 0.3) is 0 Å². The predicted molar refractivity (Wildman–Crippen MR) is 78.1 cm³/mol. The Morgan fingerprint density at radius 2 is 1.94 bits per heavy atom. The lowest BCUT2D eigenvalue weighted by atomic mass is 10.1. The first-order valence-corrected chi connectivity index (χ1v) is 6.78. The molecule has 0 aliphatic rings. The molecule has 0 saturated carbocycles. The average molecular weight is 250 g/mol. The number of hydrogen-bond acceptors (Lipinski definition) is 1. The molecule has 0 radical (unpaired) electrons. The lowest BCUT2D eigenvalue weighted by Crippen LogP contribution is -2.37. The summed E-state index contributed by atoms with van der Waals surface area (Å²) in [6.45, 7) is 5.30. The van der Waals surface area contributed by atoms with E-state index in [4.69, 9.17) is 12.2 Å². The first-order chi connectivity index (χ1) is 8.27. The molecule has 1 atom stereocenters.